The SMILES string of the molecule is O=C(NCCN1CCN(c2ncccn2)CC1)Nc1ccc2ccccc2c1. The van der Waals surface area contributed by atoms with E-state index in [-0.39, 0.29) is 6.03 Å². The van der Waals surface area contributed by atoms with Crippen molar-refractivity contribution in [2.75, 3.05) is 49.5 Å². The van der Waals surface area contributed by atoms with Gasteiger partial charge in [-0.2, -0.15) is 0 Å². The van der Waals surface area contributed by atoms with Gasteiger partial charge in [-0.1, -0.05) is 30.3 Å². The summed E-state index contributed by atoms with van der Waals surface area (Å²) in [6.45, 7) is 5.11. The molecule has 1 fully saturated rings. The lowest BCUT2D eigenvalue weighted by Gasteiger charge is -2.34. The Balaban J connectivity index is 1.19. The molecule has 2 heterocycles. The van der Waals surface area contributed by atoms with E-state index in [1.807, 2.05) is 42.5 Å². The number of nitrogens with zero attached hydrogens (tertiary/aromatic N) is 4. The number of carbonyl (C=O) groups is 1. The number of piperazine rings is 1. The lowest BCUT2D eigenvalue weighted by Crippen LogP contribution is -2.49. The van der Waals surface area contributed by atoms with Gasteiger partial charge in [0.2, 0.25) is 5.95 Å². The van der Waals surface area contributed by atoms with E-state index in [1.54, 1.807) is 12.4 Å². The van der Waals surface area contributed by atoms with E-state index in [0.29, 0.717) is 6.54 Å². The van der Waals surface area contributed by atoms with Gasteiger partial charge in [-0.25, -0.2) is 14.8 Å². The summed E-state index contributed by atoms with van der Waals surface area (Å²) in [4.78, 5) is 25.3. The van der Waals surface area contributed by atoms with Crippen LogP contribution in [0.1, 0.15) is 0 Å². The molecule has 0 unspecified atom stereocenters. The molecular weight excluding hydrogens is 352 g/mol. The molecule has 2 aromatic carbocycles. The summed E-state index contributed by atoms with van der Waals surface area (Å²) in [7, 11) is 0. The number of aromatic nitrogens is 2. The zero-order chi connectivity index (χ0) is 19.2. The van der Waals surface area contributed by atoms with E-state index in [1.165, 1.54) is 0 Å². The quantitative estimate of drug-likeness (QED) is 0.716. The first kappa shape index (κ1) is 18.2. The van der Waals surface area contributed by atoms with Crippen LogP contribution in [0.15, 0.2) is 60.9 Å². The Bertz CT molecular complexity index is 924. The maximum atomic E-state index is 12.2. The highest BCUT2D eigenvalue weighted by Gasteiger charge is 2.18. The van der Waals surface area contributed by atoms with Crippen molar-refractivity contribution in [3.8, 4) is 0 Å². The Morgan fingerprint density at radius 3 is 2.46 bits per heavy atom. The molecule has 1 aromatic heterocycles. The van der Waals surface area contributed by atoms with Crippen molar-refractivity contribution in [1.29, 1.82) is 0 Å². The van der Waals surface area contributed by atoms with Crippen LogP contribution in [0.2, 0.25) is 0 Å². The highest BCUT2D eigenvalue weighted by Crippen LogP contribution is 2.18. The van der Waals surface area contributed by atoms with Crippen LogP contribution in [0.4, 0.5) is 16.4 Å². The highest BCUT2D eigenvalue weighted by atomic mass is 16.2. The van der Waals surface area contributed by atoms with Crippen molar-refractivity contribution in [3.05, 3.63) is 60.9 Å². The molecule has 0 atom stereocenters. The van der Waals surface area contributed by atoms with E-state index in [4.69, 9.17) is 0 Å². The molecule has 1 saturated heterocycles. The standard InChI is InChI=1S/C21H24N6O/c28-21(25-19-7-6-17-4-1-2-5-18(17)16-19)24-10-11-26-12-14-27(15-13-26)20-22-8-3-9-23-20/h1-9,16H,10-15H2,(H2,24,25,28). The zero-order valence-corrected chi connectivity index (χ0v) is 15.7. The second-order valence-corrected chi connectivity index (χ2v) is 6.82. The van der Waals surface area contributed by atoms with Gasteiger partial charge in [-0.05, 0) is 29.0 Å². The Hall–Kier alpha value is -3.19. The lowest BCUT2D eigenvalue weighted by atomic mass is 10.1. The van der Waals surface area contributed by atoms with Crippen molar-refractivity contribution in [3.63, 3.8) is 0 Å². The first-order valence-electron chi connectivity index (χ1n) is 9.56. The fourth-order valence-corrected chi connectivity index (χ4v) is 3.40. The molecule has 0 saturated carbocycles. The van der Waals surface area contributed by atoms with Gasteiger partial charge in [0.25, 0.3) is 0 Å². The number of urea groups is 1. The van der Waals surface area contributed by atoms with Gasteiger partial charge < -0.3 is 15.5 Å². The second-order valence-electron chi connectivity index (χ2n) is 6.82. The van der Waals surface area contributed by atoms with Gasteiger partial charge in [-0.3, -0.25) is 4.90 Å². The van der Waals surface area contributed by atoms with E-state index in [9.17, 15) is 4.79 Å². The van der Waals surface area contributed by atoms with Crippen molar-refractivity contribution < 1.29 is 4.79 Å². The molecule has 0 radical (unpaired) electrons. The van der Waals surface area contributed by atoms with Crippen LogP contribution in [-0.2, 0) is 0 Å². The minimum absolute atomic E-state index is 0.174. The monoisotopic (exact) mass is 376 g/mol. The third-order valence-corrected chi connectivity index (χ3v) is 4.93. The van der Waals surface area contributed by atoms with Crippen LogP contribution in [0.25, 0.3) is 10.8 Å². The van der Waals surface area contributed by atoms with Gasteiger partial charge in [-0.15, -0.1) is 0 Å². The molecule has 0 aliphatic carbocycles. The second kappa shape index (κ2) is 8.67. The molecule has 0 spiro atoms. The van der Waals surface area contributed by atoms with E-state index in [2.05, 4.69) is 36.5 Å². The van der Waals surface area contributed by atoms with Crippen LogP contribution < -0.4 is 15.5 Å². The lowest BCUT2D eigenvalue weighted by molar-refractivity contribution is 0.240. The van der Waals surface area contributed by atoms with Crippen LogP contribution in [0, 0.1) is 0 Å². The molecular formula is C21H24N6O. The largest absolute Gasteiger partial charge is 0.338 e. The van der Waals surface area contributed by atoms with Gasteiger partial charge in [0.15, 0.2) is 0 Å². The predicted octanol–water partition coefficient (Wildman–Crippen LogP) is 2.57. The van der Waals surface area contributed by atoms with Crippen molar-refractivity contribution in [2.45, 2.75) is 0 Å². The summed E-state index contributed by atoms with van der Waals surface area (Å²) in [5.74, 6) is 0.787. The smallest absolute Gasteiger partial charge is 0.319 e. The van der Waals surface area contributed by atoms with Crippen molar-refractivity contribution in [1.82, 2.24) is 20.2 Å². The maximum Gasteiger partial charge on any atom is 0.319 e. The van der Waals surface area contributed by atoms with Gasteiger partial charge >= 0.3 is 6.03 Å². The first-order chi connectivity index (χ1) is 13.8. The third-order valence-electron chi connectivity index (χ3n) is 4.93. The number of hydrogen-bond acceptors (Lipinski definition) is 5. The van der Waals surface area contributed by atoms with Gasteiger partial charge in [0.1, 0.15) is 0 Å². The fraction of sp³-hybridized carbons (Fsp3) is 0.286. The van der Waals surface area contributed by atoms with E-state index >= 15 is 0 Å². The van der Waals surface area contributed by atoms with Crippen LogP contribution >= 0.6 is 0 Å². The molecule has 2 N–H and O–H groups in total. The number of benzene rings is 2. The summed E-state index contributed by atoms with van der Waals surface area (Å²) in [5.41, 5.74) is 0.799. The molecule has 1 aliphatic rings. The Morgan fingerprint density at radius 1 is 0.929 bits per heavy atom. The van der Waals surface area contributed by atoms with E-state index < -0.39 is 0 Å². The third kappa shape index (κ3) is 4.55. The molecule has 2 amide bonds. The number of hydrogen-bond donors (Lipinski definition) is 2. The summed E-state index contributed by atoms with van der Waals surface area (Å²) in [6, 6.07) is 15.7. The highest BCUT2D eigenvalue weighted by molar-refractivity contribution is 5.93. The van der Waals surface area contributed by atoms with Gasteiger partial charge in [0, 0.05) is 57.3 Å². The first-order valence-corrected chi connectivity index (χ1v) is 9.56. The summed E-state index contributed by atoms with van der Waals surface area (Å²) in [5, 5.41) is 8.12. The van der Waals surface area contributed by atoms with Crippen molar-refractivity contribution in [2.24, 2.45) is 0 Å². The molecule has 4 rings (SSSR count). The summed E-state index contributed by atoms with van der Waals surface area (Å²) < 4.78 is 0. The molecule has 144 valence electrons. The number of fused-ring (bicyclic) bond motifs is 1. The Labute approximate surface area is 164 Å². The molecule has 3 aromatic rings. The average Bonchev–Trinajstić information content (AvgIpc) is 2.75. The van der Waals surface area contributed by atoms with Crippen LogP contribution in [0.3, 0.4) is 0 Å². The molecule has 7 nitrogen and oxygen atoms in total. The zero-order valence-electron chi connectivity index (χ0n) is 15.7. The minimum atomic E-state index is -0.174. The number of nitrogens with one attached hydrogen (secondary N) is 2. The minimum Gasteiger partial charge on any atom is -0.338 e. The average molecular weight is 376 g/mol. The number of rotatable bonds is 5. The van der Waals surface area contributed by atoms with Crippen LogP contribution in [-0.4, -0.2) is 60.2 Å². The number of amides is 2. The molecule has 1 aliphatic heterocycles. The fourth-order valence-electron chi connectivity index (χ4n) is 3.40. The van der Waals surface area contributed by atoms with Crippen LogP contribution in [0.5, 0.6) is 0 Å². The summed E-state index contributed by atoms with van der Waals surface area (Å²) >= 11 is 0. The van der Waals surface area contributed by atoms with Gasteiger partial charge in [0.05, 0.1) is 0 Å². The topological polar surface area (TPSA) is 73.4 Å². The molecule has 7 heteroatoms. The predicted molar refractivity (Wildman–Crippen MR) is 112 cm³/mol. The maximum absolute atomic E-state index is 12.2. The number of anilines is 2. The van der Waals surface area contributed by atoms with E-state index in [0.717, 1.165) is 55.1 Å². The molecule has 28 heavy (non-hydrogen) atoms. The Morgan fingerprint density at radius 2 is 1.68 bits per heavy atom. The van der Waals surface area contributed by atoms with Crippen molar-refractivity contribution >= 4 is 28.4 Å². The Kier molecular flexibility index (Phi) is 5.63. The number of carbonyl (C=O) groups excluding carboxylic acids is 1. The summed E-state index contributed by atoms with van der Waals surface area (Å²) in [6.07, 6.45) is 3.54. The normalized spacial score (nSPS) is 14.8. The molecule has 0 bridgehead atoms.